The molecule has 34 heavy (non-hydrogen) atoms. The second-order valence-corrected chi connectivity index (χ2v) is 10.0. The quantitative estimate of drug-likeness (QED) is 0.586. The molecule has 0 saturated carbocycles. The number of fused-ring (bicyclic) bond motifs is 1. The van der Waals surface area contributed by atoms with Crippen LogP contribution >= 0.6 is 0 Å². The van der Waals surface area contributed by atoms with Gasteiger partial charge in [0, 0.05) is 57.3 Å². The van der Waals surface area contributed by atoms with Gasteiger partial charge in [-0.3, -0.25) is 9.69 Å². The van der Waals surface area contributed by atoms with Crippen molar-refractivity contribution in [2.24, 2.45) is 5.92 Å². The molecule has 0 unspecified atom stereocenters. The first kappa shape index (κ1) is 23.0. The molecule has 7 nitrogen and oxygen atoms in total. The predicted octanol–water partition coefficient (Wildman–Crippen LogP) is 3.38. The first-order valence-corrected chi connectivity index (χ1v) is 12.6. The number of piperidine rings is 2. The summed E-state index contributed by atoms with van der Waals surface area (Å²) >= 11 is 0. The van der Waals surface area contributed by atoms with Crippen LogP contribution in [0.3, 0.4) is 0 Å². The third-order valence-corrected chi connectivity index (χ3v) is 7.51. The summed E-state index contributed by atoms with van der Waals surface area (Å²) in [4.78, 5) is 21.1. The largest absolute Gasteiger partial charge is 0.346 e. The topological polar surface area (TPSA) is 65.8 Å². The standard InChI is InChI=1S/C27H36N6O/c1-20-24(17-28-16-22-11-14-31(2)26(34)15-22)27-29-12-10-25(33(27)30-20)23-9-6-13-32(19-23)18-21-7-4-3-5-8-21/h3-5,7-8,10,12,22-23,28H,6,9,11,13-19H2,1-2H3/t22-,23+/m1/s1. The van der Waals surface area contributed by atoms with E-state index in [1.807, 2.05) is 18.1 Å². The van der Waals surface area contributed by atoms with Gasteiger partial charge < -0.3 is 10.2 Å². The number of nitrogens with one attached hydrogen (secondary N) is 1. The van der Waals surface area contributed by atoms with Crippen molar-refractivity contribution in [2.45, 2.75) is 51.6 Å². The molecule has 2 aliphatic heterocycles. The molecule has 2 fully saturated rings. The molecule has 0 radical (unpaired) electrons. The first-order valence-electron chi connectivity index (χ1n) is 12.6. The van der Waals surface area contributed by atoms with Gasteiger partial charge in [0.25, 0.3) is 0 Å². The summed E-state index contributed by atoms with van der Waals surface area (Å²) in [5, 5.41) is 8.51. The minimum atomic E-state index is 0.255. The molecule has 1 aromatic carbocycles. The minimum absolute atomic E-state index is 0.255. The Labute approximate surface area is 202 Å². The van der Waals surface area contributed by atoms with E-state index in [-0.39, 0.29) is 5.91 Å². The van der Waals surface area contributed by atoms with Crippen LogP contribution < -0.4 is 5.32 Å². The summed E-state index contributed by atoms with van der Waals surface area (Å²) < 4.78 is 2.09. The van der Waals surface area contributed by atoms with Crippen LogP contribution in [0.4, 0.5) is 0 Å². The molecule has 2 aromatic heterocycles. The normalized spacial score (nSPS) is 21.9. The molecule has 3 aromatic rings. The van der Waals surface area contributed by atoms with Gasteiger partial charge in [-0.2, -0.15) is 5.10 Å². The summed E-state index contributed by atoms with van der Waals surface area (Å²) in [6.07, 6.45) is 6.03. The van der Waals surface area contributed by atoms with Gasteiger partial charge in [-0.05, 0) is 56.8 Å². The highest BCUT2D eigenvalue weighted by atomic mass is 16.2. The van der Waals surface area contributed by atoms with Crippen LogP contribution in [0, 0.1) is 12.8 Å². The lowest BCUT2D eigenvalue weighted by molar-refractivity contribution is -0.133. The van der Waals surface area contributed by atoms with Crippen molar-refractivity contribution in [3.05, 3.63) is 65.1 Å². The Bertz CT molecular complexity index is 1130. The fourth-order valence-corrected chi connectivity index (χ4v) is 5.49. The third-order valence-electron chi connectivity index (χ3n) is 7.51. The number of carbonyl (C=O) groups excluding carboxylic acids is 1. The zero-order chi connectivity index (χ0) is 23.5. The number of amides is 1. The van der Waals surface area contributed by atoms with E-state index in [2.05, 4.69) is 58.1 Å². The Kier molecular flexibility index (Phi) is 6.92. The Morgan fingerprint density at radius 3 is 2.79 bits per heavy atom. The summed E-state index contributed by atoms with van der Waals surface area (Å²) in [7, 11) is 1.89. The van der Waals surface area contributed by atoms with Gasteiger partial charge >= 0.3 is 0 Å². The van der Waals surface area contributed by atoms with Gasteiger partial charge in [0.1, 0.15) is 0 Å². The molecule has 0 spiro atoms. The average Bonchev–Trinajstić information content (AvgIpc) is 3.17. The summed E-state index contributed by atoms with van der Waals surface area (Å²) in [5.74, 6) is 1.12. The molecule has 4 heterocycles. The molecular weight excluding hydrogens is 424 g/mol. The molecule has 0 aliphatic carbocycles. The number of hydrogen-bond donors (Lipinski definition) is 1. The molecule has 2 aliphatic rings. The maximum absolute atomic E-state index is 12.0. The Morgan fingerprint density at radius 1 is 1.12 bits per heavy atom. The second kappa shape index (κ2) is 10.2. The van der Waals surface area contributed by atoms with Crippen LogP contribution in [0.5, 0.6) is 0 Å². The molecule has 1 N–H and O–H groups in total. The first-order chi connectivity index (χ1) is 16.6. The van der Waals surface area contributed by atoms with Crippen molar-refractivity contribution in [2.75, 3.05) is 33.2 Å². The number of aryl methyl sites for hydroxylation is 1. The number of hydrogen-bond acceptors (Lipinski definition) is 5. The number of benzene rings is 1. The molecule has 0 bridgehead atoms. The van der Waals surface area contributed by atoms with Crippen LogP contribution in [0.1, 0.15) is 54.1 Å². The van der Waals surface area contributed by atoms with Gasteiger partial charge in [0.2, 0.25) is 5.91 Å². The van der Waals surface area contributed by atoms with Crippen LogP contribution in [0.15, 0.2) is 42.6 Å². The van der Waals surface area contributed by atoms with Gasteiger partial charge in [-0.15, -0.1) is 0 Å². The summed E-state index contributed by atoms with van der Waals surface area (Å²) in [6, 6.07) is 12.9. The van der Waals surface area contributed by atoms with E-state index in [4.69, 9.17) is 10.1 Å². The van der Waals surface area contributed by atoms with Gasteiger partial charge in [-0.25, -0.2) is 9.50 Å². The van der Waals surface area contributed by atoms with Crippen molar-refractivity contribution < 1.29 is 4.79 Å². The lowest BCUT2D eigenvalue weighted by Gasteiger charge is -2.33. The lowest BCUT2D eigenvalue weighted by atomic mass is 9.94. The minimum Gasteiger partial charge on any atom is -0.346 e. The fourth-order valence-electron chi connectivity index (χ4n) is 5.49. The van der Waals surface area contributed by atoms with E-state index >= 15 is 0 Å². The van der Waals surface area contributed by atoms with Crippen molar-refractivity contribution in [3.8, 4) is 0 Å². The molecular formula is C27H36N6O. The molecule has 1 amide bonds. The molecule has 2 atom stereocenters. The number of rotatable bonds is 7. The van der Waals surface area contributed by atoms with Gasteiger partial charge in [-0.1, -0.05) is 30.3 Å². The zero-order valence-corrected chi connectivity index (χ0v) is 20.4. The monoisotopic (exact) mass is 460 g/mol. The number of carbonyl (C=O) groups is 1. The van der Waals surface area contributed by atoms with Crippen LogP contribution in [-0.4, -0.2) is 63.5 Å². The van der Waals surface area contributed by atoms with E-state index in [9.17, 15) is 4.79 Å². The maximum Gasteiger partial charge on any atom is 0.222 e. The smallest absolute Gasteiger partial charge is 0.222 e. The molecule has 7 heteroatoms. The SMILES string of the molecule is Cc1nn2c([C@H]3CCCN(Cc4ccccc4)C3)ccnc2c1CNC[C@@H]1CCN(C)C(=O)C1. The number of aromatic nitrogens is 3. The molecule has 180 valence electrons. The van der Waals surface area contributed by atoms with Crippen molar-refractivity contribution in [1.29, 1.82) is 0 Å². The maximum atomic E-state index is 12.0. The molecule has 2 saturated heterocycles. The second-order valence-electron chi connectivity index (χ2n) is 10.0. The lowest BCUT2D eigenvalue weighted by Crippen LogP contribution is -2.38. The number of nitrogens with zero attached hydrogens (tertiary/aromatic N) is 5. The van der Waals surface area contributed by atoms with Crippen molar-refractivity contribution >= 4 is 11.6 Å². The van der Waals surface area contributed by atoms with E-state index in [0.717, 1.165) is 62.6 Å². The summed E-state index contributed by atoms with van der Waals surface area (Å²) in [6.45, 7) is 7.71. The van der Waals surface area contributed by atoms with E-state index < -0.39 is 0 Å². The predicted molar refractivity (Wildman–Crippen MR) is 133 cm³/mol. The van der Waals surface area contributed by atoms with Gasteiger partial charge in [0.05, 0.1) is 11.4 Å². The van der Waals surface area contributed by atoms with E-state index in [0.29, 0.717) is 18.3 Å². The highest BCUT2D eigenvalue weighted by Crippen LogP contribution is 2.29. The average molecular weight is 461 g/mol. The van der Waals surface area contributed by atoms with Crippen molar-refractivity contribution in [1.82, 2.24) is 29.7 Å². The van der Waals surface area contributed by atoms with Crippen molar-refractivity contribution in [3.63, 3.8) is 0 Å². The van der Waals surface area contributed by atoms with Crippen LogP contribution in [0.2, 0.25) is 0 Å². The van der Waals surface area contributed by atoms with Gasteiger partial charge in [0.15, 0.2) is 5.65 Å². The Morgan fingerprint density at radius 2 is 1.97 bits per heavy atom. The highest BCUT2D eigenvalue weighted by Gasteiger charge is 2.26. The zero-order valence-electron chi connectivity index (χ0n) is 20.4. The Hall–Kier alpha value is -2.77. The van der Waals surface area contributed by atoms with E-state index in [1.165, 1.54) is 24.1 Å². The van der Waals surface area contributed by atoms with Crippen LogP contribution in [0.25, 0.3) is 5.65 Å². The van der Waals surface area contributed by atoms with E-state index in [1.54, 1.807) is 0 Å². The highest BCUT2D eigenvalue weighted by molar-refractivity contribution is 5.76. The third kappa shape index (κ3) is 5.00. The van der Waals surface area contributed by atoms with Crippen LogP contribution in [-0.2, 0) is 17.9 Å². The summed E-state index contributed by atoms with van der Waals surface area (Å²) in [5.41, 5.74) is 5.79. The Balaban J connectivity index is 1.27. The fraction of sp³-hybridized carbons (Fsp3) is 0.519. The number of likely N-dealkylation sites (tertiary alicyclic amines) is 2. The molecule has 5 rings (SSSR count).